The number of ether oxygens (including phenoxy) is 3. The third-order valence-corrected chi connectivity index (χ3v) is 4.25. The van der Waals surface area contributed by atoms with Gasteiger partial charge in [0.15, 0.2) is 12.7 Å². The lowest BCUT2D eigenvalue weighted by Crippen LogP contribution is -2.28. The minimum absolute atomic E-state index is 0.208. The zero-order valence-electron chi connectivity index (χ0n) is 16.1. The number of nitrogens with one attached hydrogen (secondary N) is 1. The first kappa shape index (κ1) is 21.5. The van der Waals surface area contributed by atoms with Crippen molar-refractivity contribution in [3.8, 4) is 5.75 Å². The molecule has 0 aliphatic rings. The van der Waals surface area contributed by atoms with Crippen LogP contribution in [0.5, 0.6) is 5.75 Å². The molecule has 2 rings (SSSR count). The number of carbonyl (C=O) groups is 3. The van der Waals surface area contributed by atoms with Gasteiger partial charge in [0, 0.05) is 10.7 Å². The lowest BCUT2D eigenvalue weighted by Gasteiger charge is -2.13. The van der Waals surface area contributed by atoms with Gasteiger partial charge < -0.3 is 19.2 Å². The van der Waals surface area contributed by atoms with Crippen molar-refractivity contribution in [1.82, 2.24) is 4.98 Å². The third kappa shape index (κ3) is 5.13. The van der Waals surface area contributed by atoms with Crippen molar-refractivity contribution in [3.63, 3.8) is 0 Å². The summed E-state index contributed by atoms with van der Waals surface area (Å²) in [6.45, 7) is 6.28. The molecule has 1 heterocycles. The van der Waals surface area contributed by atoms with E-state index in [-0.39, 0.29) is 12.3 Å². The molecule has 0 aliphatic heterocycles. The smallest absolute Gasteiger partial charge is 0.347 e. The van der Waals surface area contributed by atoms with Crippen LogP contribution in [0, 0.1) is 13.8 Å². The number of aryl methyl sites for hydroxylation is 1. The Labute approximate surface area is 167 Å². The van der Waals surface area contributed by atoms with Gasteiger partial charge in [-0.2, -0.15) is 0 Å². The van der Waals surface area contributed by atoms with Gasteiger partial charge in [-0.3, -0.25) is 4.79 Å². The quantitative estimate of drug-likeness (QED) is 0.530. The van der Waals surface area contributed by atoms with Gasteiger partial charge in [-0.1, -0.05) is 11.6 Å². The number of hydrogen-bond donors (Lipinski definition) is 1. The van der Waals surface area contributed by atoms with Crippen LogP contribution in [-0.2, 0) is 14.3 Å². The SMILES string of the molecule is CCOC(=O)c1c(C)[nH]c(C(=O)COC(=O)[C@H](C)Oc2ccc(Cl)cc2)c1C. The Morgan fingerprint density at radius 2 is 1.75 bits per heavy atom. The molecule has 2 aromatic rings. The summed E-state index contributed by atoms with van der Waals surface area (Å²) in [5, 5.41) is 0.548. The normalized spacial score (nSPS) is 11.6. The molecule has 0 unspecified atom stereocenters. The molecule has 0 bridgehead atoms. The summed E-state index contributed by atoms with van der Waals surface area (Å²) in [7, 11) is 0. The zero-order valence-corrected chi connectivity index (χ0v) is 16.9. The lowest BCUT2D eigenvalue weighted by atomic mass is 10.1. The molecule has 1 aromatic heterocycles. The number of carbonyl (C=O) groups excluding carboxylic acids is 3. The summed E-state index contributed by atoms with van der Waals surface area (Å²) in [6, 6.07) is 6.52. The Hall–Kier alpha value is -2.80. The number of esters is 2. The Morgan fingerprint density at radius 1 is 1.11 bits per heavy atom. The van der Waals surface area contributed by atoms with Crippen LogP contribution in [0.2, 0.25) is 5.02 Å². The molecule has 28 heavy (non-hydrogen) atoms. The van der Waals surface area contributed by atoms with E-state index in [0.29, 0.717) is 27.6 Å². The van der Waals surface area contributed by atoms with E-state index >= 15 is 0 Å². The first-order valence-electron chi connectivity index (χ1n) is 8.72. The van der Waals surface area contributed by atoms with Gasteiger partial charge in [-0.25, -0.2) is 9.59 Å². The van der Waals surface area contributed by atoms with Crippen LogP contribution in [0.15, 0.2) is 24.3 Å². The Bertz CT molecular complexity index is 872. The van der Waals surface area contributed by atoms with E-state index in [1.165, 1.54) is 6.92 Å². The van der Waals surface area contributed by atoms with E-state index in [0.717, 1.165) is 0 Å². The van der Waals surface area contributed by atoms with Gasteiger partial charge in [0.2, 0.25) is 5.78 Å². The molecule has 1 N–H and O–H groups in total. The Morgan fingerprint density at radius 3 is 2.36 bits per heavy atom. The summed E-state index contributed by atoms with van der Waals surface area (Å²) in [5.41, 5.74) is 1.50. The molecule has 0 saturated heterocycles. The highest BCUT2D eigenvalue weighted by molar-refractivity contribution is 6.30. The van der Waals surface area contributed by atoms with E-state index in [9.17, 15) is 14.4 Å². The highest BCUT2D eigenvalue weighted by atomic mass is 35.5. The highest BCUT2D eigenvalue weighted by Gasteiger charge is 2.24. The van der Waals surface area contributed by atoms with E-state index in [4.69, 9.17) is 25.8 Å². The van der Waals surface area contributed by atoms with E-state index in [1.807, 2.05) is 0 Å². The first-order chi connectivity index (χ1) is 13.2. The molecule has 0 fully saturated rings. The Kier molecular flexibility index (Phi) is 7.23. The second kappa shape index (κ2) is 9.41. The molecule has 0 saturated carbocycles. The first-order valence-corrected chi connectivity index (χ1v) is 9.10. The molecule has 150 valence electrons. The fourth-order valence-corrected chi connectivity index (χ4v) is 2.76. The molecule has 0 radical (unpaired) electrons. The van der Waals surface area contributed by atoms with Gasteiger partial charge in [-0.05, 0) is 57.5 Å². The molecule has 0 amide bonds. The number of rotatable bonds is 8. The number of benzene rings is 1. The zero-order chi connectivity index (χ0) is 20.8. The average Bonchev–Trinajstić information content (AvgIpc) is 2.95. The molecule has 0 spiro atoms. The highest BCUT2D eigenvalue weighted by Crippen LogP contribution is 2.20. The molecule has 1 atom stereocenters. The van der Waals surface area contributed by atoms with Gasteiger partial charge in [0.1, 0.15) is 5.75 Å². The Balaban J connectivity index is 1.97. The minimum atomic E-state index is -0.907. The molecular formula is C20H22ClNO6. The summed E-state index contributed by atoms with van der Waals surface area (Å²) in [6.07, 6.45) is -0.907. The maximum absolute atomic E-state index is 12.4. The van der Waals surface area contributed by atoms with E-state index in [1.54, 1.807) is 45.0 Å². The van der Waals surface area contributed by atoms with Crippen molar-refractivity contribution < 1.29 is 28.6 Å². The molecule has 8 heteroatoms. The molecule has 1 aromatic carbocycles. The number of ketones is 1. The lowest BCUT2D eigenvalue weighted by molar-refractivity contribution is -0.149. The second-order valence-corrected chi connectivity index (χ2v) is 6.53. The van der Waals surface area contributed by atoms with Crippen molar-refractivity contribution in [1.29, 1.82) is 0 Å². The van der Waals surface area contributed by atoms with Gasteiger partial charge in [-0.15, -0.1) is 0 Å². The van der Waals surface area contributed by atoms with Crippen LogP contribution in [0.3, 0.4) is 0 Å². The van der Waals surface area contributed by atoms with Crippen molar-refractivity contribution in [2.75, 3.05) is 13.2 Å². The van der Waals surface area contributed by atoms with Gasteiger partial charge >= 0.3 is 11.9 Å². The topological polar surface area (TPSA) is 94.7 Å². The predicted octanol–water partition coefficient (Wildman–Crippen LogP) is 3.66. The van der Waals surface area contributed by atoms with Gasteiger partial charge in [0.05, 0.1) is 17.9 Å². The van der Waals surface area contributed by atoms with Crippen molar-refractivity contribution in [2.45, 2.75) is 33.8 Å². The number of hydrogen-bond acceptors (Lipinski definition) is 6. The third-order valence-electron chi connectivity index (χ3n) is 4.00. The number of aromatic nitrogens is 1. The van der Waals surface area contributed by atoms with Crippen LogP contribution in [0.4, 0.5) is 0 Å². The van der Waals surface area contributed by atoms with Crippen LogP contribution in [0.25, 0.3) is 0 Å². The maximum Gasteiger partial charge on any atom is 0.347 e. The molecule has 7 nitrogen and oxygen atoms in total. The van der Waals surface area contributed by atoms with Crippen molar-refractivity contribution in [3.05, 3.63) is 51.8 Å². The fraction of sp³-hybridized carbons (Fsp3) is 0.350. The number of Topliss-reactive ketones (excluding diaryl/α,β-unsaturated/α-hetero) is 1. The number of H-pyrrole nitrogens is 1. The fourth-order valence-electron chi connectivity index (χ4n) is 2.63. The molecule has 0 aliphatic carbocycles. The van der Waals surface area contributed by atoms with Gasteiger partial charge in [0.25, 0.3) is 0 Å². The average molecular weight is 408 g/mol. The maximum atomic E-state index is 12.4. The molecular weight excluding hydrogens is 386 g/mol. The largest absolute Gasteiger partial charge is 0.479 e. The minimum Gasteiger partial charge on any atom is -0.479 e. The van der Waals surface area contributed by atoms with Crippen molar-refractivity contribution in [2.24, 2.45) is 0 Å². The van der Waals surface area contributed by atoms with Crippen molar-refractivity contribution >= 4 is 29.3 Å². The summed E-state index contributed by atoms with van der Waals surface area (Å²) in [5.74, 6) is -1.19. The standard InChI is InChI=1S/C20H22ClNO6/c1-5-26-20(25)17-11(2)18(22-12(17)3)16(23)10-27-19(24)13(4)28-15-8-6-14(21)7-9-15/h6-9,13,22H,5,10H2,1-4H3/t13-/m0/s1. The van der Waals surface area contributed by atoms with Crippen LogP contribution in [0.1, 0.15) is 46.0 Å². The summed E-state index contributed by atoms with van der Waals surface area (Å²) in [4.78, 5) is 39.4. The van der Waals surface area contributed by atoms with E-state index < -0.39 is 30.4 Å². The van der Waals surface area contributed by atoms with Crippen LogP contribution < -0.4 is 4.74 Å². The monoisotopic (exact) mass is 407 g/mol. The predicted molar refractivity (Wildman–Crippen MR) is 103 cm³/mol. The second-order valence-electron chi connectivity index (χ2n) is 6.09. The van der Waals surface area contributed by atoms with Crippen LogP contribution >= 0.6 is 11.6 Å². The summed E-state index contributed by atoms with van der Waals surface area (Å²) < 4.78 is 15.5. The van der Waals surface area contributed by atoms with E-state index in [2.05, 4.69) is 4.98 Å². The number of halogens is 1. The number of aromatic amines is 1. The summed E-state index contributed by atoms with van der Waals surface area (Å²) >= 11 is 5.80. The van der Waals surface area contributed by atoms with Crippen LogP contribution in [-0.4, -0.2) is 42.0 Å².